The molecule has 2 heterocycles. The zero-order chi connectivity index (χ0) is 11.9. The molecule has 2 nitrogen and oxygen atoms in total. The Kier molecular flexibility index (Phi) is 2.61. The monoisotopic (exact) mass is 246 g/mol. The number of rotatable bonds is 1. The highest BCUT2D eigenvalue weighted by Crippen LogP contribution is 2.33. The largest absolute Gasteiger partial charge is 0.433 e. The van der Waals surface area contributed by atoms with Crippen molar-refractivity contribution in [1.29, 1.82) is 0 Å². The van der Waals surface area contributed by atoms with Gasteiger partial charge in [-0.25, -0.2) is 4.98 Å². The van der Waals surface area contributed by atoms with E-state index in [-0.39, 0.29) is 5.65 Å². The van der Waals surface area contributed by atoms with Gasteiger partial charge in [-0.1, -0.05) is 0 Å². The average molecular weight is 246 g/mol. The number of nitrogens with one attached hydrogen (secondary N) is 1. The molecule has 2 rings (SSSR count). The van der Waals surface area contributed by atoms with Crippen LogP contribution < -0.4 is 0 Å². The minimum Gasteiger partial charge on any atom is -0.342 e. The summed E-state index contributed by atoms with van der Waals surface area (Å²) in [4.78, 5) is 7.38. The number of aryl methyl sites for hydroxylation is 1. The number of nitrogens with zero attached hydrogens (tertiary/aromatic N) is 1. The lowest BCUT2D eigenvalue weighted by Crippen LogP contribution is -2.07. The van der Waals surface area contributed by atoms with Gasteiger partial charge >= 0.3 is 6.18 Å². The molecule has 0 amide bonds. The third kappa shape index (κ3) is 1.77. The van der Waals surface area contributed by atoms with Gasteiger partial charge in [-0.05, 0) is 25.3 Å². The maximum Gasteiger partial charge on any atom is 0.433 e. The summed E-state index contributed by atoms with van der Waals surface area (Å²) in [6, 6.07) is 2.47. The second kappa shape index (κ2) is 3.69. The van der Waals surface area contributed by atoms with Crippen LogP contribution in [0.15, 0.2) is 17.0 Å². The van der Waals surface area contributed by atoms with E-state index < -0.39 is 11.9 Å². The zero-order valence-electron chi connectivity index (χ0n) is 8.64. The quantitative estimate of drug-likeness (QED) is 0.778. The van der Waals surface area contributed by atoms with Gasteiger partial charge in [-0.2, -0.15) is 13.2 Å². The number of thioether (sulfide) groups is 1. The van der Waals surface area contributed by atoms with E-state index in [1.165, 1.54) is 17.8 Å². The number of halogens is 3. The topological polar surface area (TPSA) is 28.7 Å². The molecule has 0 saturated heterocycles. The smallest absolute Gasteiger partial charge is 0.342 e. The van der Waals surface area contributed by atoms with E-state index in [1.807, 2.05) is 13.2 Å². The Labute approximate surface area is 94.3 Å². The van der Waals surface area contributed by atoms with Crippen LogP contribution in [0.5, 0.6) is 0 Å². The van der Waals surface area contributed by atoms with Crippen molar-refractivity contribution in [3.63, 3.8) is 0 Å². The summed E-state index contributed by atoms with van der Waals surface area (Å²) < 4.78 is 37.3. The first-order valence-electron chi connectivity index (χ1n) is 4.54. The lowest BCUT2D eigenvalue weighted by atomic mass is 10.3. The molecule has 2 aromatic rings. The number of H-pyrrole nitrogens is 1. The van der Waals surface area contributed by atoms with Crippen LogP contribution in [0, 0.1) is 6.92 Å². The Bertz CT molecular complexity index is 531. The molecule has 0 aliphatic heterocycles. The summed E-state index contributed by atoms with van der Waals surface area (Å²) in [5.41, 5.74) is 0.264. The molecule has 0 unspecified atom stereocenters. The van der Waals surface area contributed by atoms with Crippen molar-refractivity contribution in [2.45, 2.75) is 18.0 Å². The number of hydrogen-bond donors (Lipinski definition) is 1. The summed E-state index contributed by atoms with van der Waals surface area (Å²) in [5.74, 6) is 0. The van der Waals surface area contributed by atoms with Crippen LogP contribution in [0.4, 0.5) is 13.2 Å². The molecule has 0 atom stereocenters. The first kappa shape index (κ1) is 11.3. The molecule has 16 heavy (non-hydrogen) atoms. The van der Waals surface area contributed by atoms with Crippen molar-refractivity contribution in [3.8, 4) is 0 Å². The molecular formula is C10H9F3N2S. The number of aromatic nitrogens is 2. The Morgan fingerprint density at radius 3 is 2.56 bits per heavy atom. The molecule has 6 heteroatoms. The van der Waals surface area contributed by atoms with E-state index in [1.54, 1.807) is 0 Å². The SMILES string of the molecule is CSc1c(C)[nH]c2nc(C(F)(F)F)ccc12. The molecule has 0 fully saturated rings. The molecule has 0 spiro atoms. The summed E-state index contributed by atoms with van der Waals surface area (Å²) in [5, 5.41) is 0.734. The number of alkyl halides is 3. The van der Waals surface area contributed by atoms with Gasteiger partial charge in [-0.15, -0.1) is 11.8 Å². The van der Waals surface area contributed by atoms with Gasteiger partial charge in [-0.3, -0.25) is 0 Å². The molecule has 0 radical (unpaired) electrons. The van der Waals surface area contributed by atoms with E-state index in [9.17, 15) is 13.2 Å². The number of fused-ring (bicyclic) bond motifs is 1. The number of pyridine rings is 1. The Hall–Kier alpha value is -1.17. The molecule has 1 N–H and O–H groups in total. The van der Waals surface area contributed by atoms with Crippen molar-refractivity contribution in [2.75, 3.05) is 6.26 Å². The minimum atomic E-state index is -4.40. The average Bonchev–Trinajstić information content (AvgIpc) is 2.50. The van der Waals surface area contributed by atoms with Gasteiger partial charge in [0, 0.05) is 16.0 Å². The third-order valence-electron chi connectivity index (χ3n) is 2.28. The second-order valence-corrected chi connectivity index (χ2v) is 4.19. The van der Waals surface area contributed by atoms with Crippen LogP contribution in [0.25, 0.3) is 11.0 Å². The van der Waals surface area contributed by atoms with Gasteiger partial charge in [0.05, 0.1) is 0 Å². The minimum absolute atomic E-state index is 0.289. The molecule has 0 aliphatic carbocycles. The van der Waals surface area contributed by atoms with Gasteiger partial charge < -0.3 is 4.98 Å². The van der Waals surface area contributed by atoms with Crippen LogP contribution in [-0.2, 0) is 6.18 Å². The fourth-order valence-electron chi connectivity index (χ4n) is 1.59. The van der Waals surface area contributed by atoms with Crippen molar-refractivity contribution in [3.05, 3.63) is 23.5 Å². The zero-order valence-corrected chi connectivity index (χ0v) is 9.46. The standard InChI is InChI=1S/C10H9F3N2S/c1-5-8(16-2)6-3-4-7(10(11,12)13)15-9(6)14-5/h3-4H,1-2H3,(H,14,15). The Morgan fingerprint density at radius 2 is 2.00 bits per heavy atom. The highest BCUT2D eigenvalue weighted by Gasteiger charge is 2.32. The Balaban J connectivity index is 2.65. The second-order valence-electron chi connectivity index (χ2n) is 3.37. The van der Waals surface area contributed by atoms with E-state index in [2.05, 4.69) is 9.97 Å². The number of hydrogen-bond acceptors (Lipinski definition) is 2. The lowest BCUT2D eigenvalue weighted by Gasteiger charge is -2.04. The van der Waals surface area contributed by atoms with Crippen LogP contribution in [0.2, 0.25) is 0 Å². The van der Waals surface area contributed by atoms with Crippen molar-refractivity contribution < 1.29 is 13.2 Å². The van der Waals surface area contributed by atoms with Crippen molar-refractivity contribution in [2.24, 2.45) is 0 Å². The molecule has 0 saturated carbocycles. The number of aromatic amines is 1. The fourth-order valence-corrected chi connectivity index (χ4v) is 2.34. The Morgan fingerprint density at radius 1 is 1.31 bits per heavy atom. The van der Waals surface area contributed by atoms with Crippen LogP contribution >= 0.6 is 11.8 Å². The molecule has 0 aromatic carbocycles. The maximum atomic E-state index is 12.4. The fraction of sp³-hybridized carbons (Fsp3) is 0.300. The predicted molar refractivity (Wildman–Crippen MR) is 57.6 cm³/mol. The summed E-state index contributed by atoms with van der Waals surface area (Å²) in [6.07, 6.45) is -2.51. The first-order valence-corrected chi connectivity index (χ1v) is 5.76. The summed E-state index contributed by atoms with van der Waals surface area (Å²) in [7, 11) is 0. The van der Waals surface area contributed by atoms with Gasteiger partial charge in [0.2, 0.25) is 0 Å². The van der Waals surface area contributed by atoms with E-state index in [4.69, 9.17) is 0 Å². The van der Waals surface area contributed by atoms with E-state index in [0.29, 0.717) is 0 Å². The van der Waals surface area contributed by atoms with Crippen molar-refractivity contribution in [1.82, 2.24) is 9.97 Å². The van der Waals surface area contributed by atoms with Gasteiger partial charge in [0.1, 0.15) is 11.3 Å². The predicted octanol–water partition coefficient (Wildman–Crippen LogP) is 3.61. The normalized spacial score (nSPS) is 12.3. The van der Waals surface area contributed by atoms with Crippen LogP contribution in [0.1, 0.15) is 11.4 Å². The highest BCUT2D eigenvalue weighted by atomic mass is 32.2. The molecule has 2 aromatic heterocycles. The summed E-state index contributed by atoms with van der Waals surface area (Å²) in [6.45, 7) is 1.82. The van der Waals surface area contributed by atoms with E-state index in [0.717, 1.165) is 22.0 Å². The van der Waals surface area contributed by atoms with Crippen molar-refractivity contribution >= 4 is 22.8 Å². The molecular weight excluding hydrogens is 237 g/mol. The van der Waals surface area contributed by atoms with Crippen LogP contribution in [0.3, 0.4) is 0 Å². The third-order valence-corrected chi connectivity index (χ3v) is 3.22. The lowest BCUT2D eigenvalue weighted by molar-refractivity contribution is -0.141. The maximum absolute atomic E-state index is 12.4. The first-order chi connectivity index (χ1) is 7.43. The van der Waals surface area contributed by atoms with Crippen LogP contribution in [-0.4, -0.2) is 16.2 Å². The van der Waals surface area contributed by atoms with E-state index >= 15 is 0 Å². The van der Waals surface area contributed by atoms with Gasteiger partial charge in [0.15, 0.2) is 0 Å². The molecule has 0 aliphatic rings. The van der Waals surface area contributed by atoms with Gasteiger partial charge in [0.25, 0.3) is 0 Å². The highest BCUT2D eigenvalue weighted by molar-refractivity contribution is 7.98. The molecule has 86 valence electrons. The summed E-state index contributed by atoms with van der Waals surface area (Å²) >= 11 is 1.49. The molecule has 0 bridgehead atoms.